The fourth-order valence-electron chi connectivity index (χ4n) is 1.91. The second-order valence-corrected chi connectivity index (χ2v) is 4.73. The van der Waals surface area contributed by atoms with Crippen LogP contribution < -0.4 is 10.2 Å². The van der Waals surface area contributed by atoms with Crippen LogP contribution in [0.3, 0.4) is 0 Å². The summed E-state index contributed by atoms with van der Waals surface area (Å²) in [5.74, 6) is -0.821. The van der Waals surface area contributed by atoms with E-state index in [0.29, 0.717) is 0 Å². The van der Waals surface area contributed by atoms with Crippen molar-refractivity contribution in [3.63, 3.8) is 0 Å². The van der Waals surface area contributed by atoms with E-state index in [1.54, 1.807) is 0 Å². The number of carbonyl (C=O) groups excluding carboxylic acids is 1. The summed E-state index contributed by atoms with van der Waals surface area (Å²) >= 11 is 0. The fourth-order valence-corrected chi connectivity index (χ4v) is 1.91. The quantitative estimate of drug-likeness (QED) is 0.912. The molecular weight excluding hydrogens is 305 g/mol. The number of nitrogens with one attached hydrogen (secondary N) is 1. The number of halogens is 3. The van der Waals surface area contributed by atoms with Crippen molar-refractivity contribution in [1.29, 1.82) is 0 Å². The lowest BCUT2D eigenvalue weighted by atomic mass is 10.1. The van der Waals surface area contributed by atoms with Gasteiger partial charge < -0.3 is 14.2 Å². The molecule has 0 atom stereocenters. The monoisotopic (exact) mass is 316 g/mol. The lowest BCUT2D eigenvalue weighted by molar-refractivity contribution is -0.142. The van der Waals surface area contributed by atoms with Gasteiger partial charge in [-0.1, -0.05) is 0 Å². The van der Waals surface area contributed by atoms with Gasteiger partial charge in [0, 0.05) is 5.56 Å². The van der Waals surface area contributed by atoms with Crippen molar-refractivity contribution in [2.24, 2.45) is 5.10 Å². The maximum Gasteiger partial charge on any atom is 0.419 e. The average molecular weight is 316 g/mol. The molecule has 0 saturated carbocycles. The molecule has 1 aromatic carbocycles. The first-order valence-corrected chi connectivity index (χ1v) is 6.39. The van der Waals surface area contributed by atoms with Crippen LogP contribution in [-0.4, -0.2) is 37.7 Å². The number of ether oxygens (including phenoxy) is 3. The molecule has 3 rings (SSSR count). The van der Waals surface area contributed by atoms with Gasteiger partial charge in [-0.25, -0.2) is 5.43 Å². The van der Waals surface area contributed by atoms with Crippen LogP contribution in [-0.2, 0) is 20.4 Å². The summed E-state index contributed by atoms with van der Waals surface area (Å²) in [6.45, 7) is 0.236. The van der Waals surface area contributed by atoms with Gasteiger partial charge in [-0.05, 0) is 18.2 Å². The number of hydrogen-bond donors (Lipinski definition) is 1. The van der Waals surface area contributed by atoms with E-state index in [9.17, 15) is 18.0 Å². The smallest absolute Gasteiger partial charge is 0.419 e. The topological polar surface area (TPSA) is 69.2 Å². The third kappa shape index (κ3) is 2.98. The Balaban J connectivity index is 1.91. The van der Waals surface area contributed by atoms with Gasteiger partial charge in [0.25, 0.3) is 5.91 Å². The number of rotatable bonds is 3. The summed E-state index contributed by atoms with van der Waals surface area (Å²) in [4.78, 5) is 10.9. The molecule has 2 aliphatic rings. The second kappa shape index (κ2) is 5.48. The van der Waals surface area contributed by atoms with Crippen LogP contribution in [0.1, 0.15) is 11.1 Å². The summed E-state index contributed by atoms with van der Waals surface area (Å²) in [6, 6.07) is 3.48. The van der Waals surface area contributed by atoms with Crippen molar-refractivity contribution in [2.45, 2.75) is 12.3 Å². The molecule has 0 radical (unpaired) electrons. The van der Waals surface area contributed by atoms with Crippen molar-refractivity contribution in [3.8, 4) is 5.75 Å². The van der Waals surface area contributed by atoms with Crippen LogP contribution >= 0.6 is 0 Å². The van der Waals surface area contributed by atoms with Crippen LogP contribution in [0.15, 0.2) is 23.3 Å². The molecule has 0 aromatic heterocycles. The van der Waals surface area contributed by atoms with Gasteiger partial charge in [0.2, 0.25) is 5.90 Å². The number of hydrazone groups is 1. The molecule has 2 aliphatic heterocycles. The highest BCUT2D eigenvalue weighted by Crippen LogP contribution is 2.37. The molecule has 1 aromatic rings. The Bertz CT molecular complexity index is 626. The summed E-state index contributed by atoms with van der Waals surface area (Å²) < 4.78 is 54.7. The number of benzene rings is 1. The molecule has 118 valence electrons. The first kappa shape index (κ1) is 14.6. The Morgan fingerprint density at radius 3 is 2.64 bits per heavy atom. The number of hydrogen-bond acceptors (Lipinski definition) is 5. The van der Waals surface area contributed by atoms with Gasteiger partial charge in [-0.15, -0.1) is 5.10 Å². The van der Waals surface area contributed by atoms with Crippen LogP contribution in [0.5, 0.6) is 5.75 Å². The fraction of sp³-hybridized carbons (Fsp3) is 0.385. The van der Waals surface area contributed by atoms with Crippen molar-refractivity contribution >= 4 is 11.8 Å². The second-order valence-electron chi connectivity index (χ2n) is 4.73. The Morgan fingerprint density at radius 2 is 2.09 bits per heavy atom. The van der Waals surface area contributed by atoms with E-state index in [1.807, 2.05) is 0 Å². The molecule has 0 aliphatic carbocycles. The molecule has 6 nitrogen and oxygen atoms in total. The minimum absolute atomic E-state index is 0.0800. The maximum atomic E-state index is 13.2. The van der Waals surface area contributed by atoms with E-state index in [-0.39, 0.29) is 43.1 Å². The van der Waals surface area contributed by atoms with Gasteiger partial charge in [-0.2, -0.15) is 13.2 Å². The Kier molecular flexibility index (Phi) is 3.65. The molecule has 0 spiro atoms. The Hall–Kier alpha value is -2.29. The van der Waals surface area contributed by atoms with Crippen molar-refractivity contribution in [1.82, 2.24) is 5.43 Å². The average Bonchev–Trinajstić information content (AvgIpc) is 2.43. The van der Waals surface area contributed by atoms with E-state index in [2.05, 4.69) is 10.5 Å². The molecule has 1 fully saturated rings. The third-order valence-electron chi connectivity index (χ3n) is 3.06. The Labute approximate surface area is 122 Å². The Morgan fingerprint density at radius 1 is 1.32 bits per heavy atom. The largest absolute Gasteiger partial charge is 0.485 e. The highest BCUT2D eigenvalue weighted by atomic mass is 19.4. The molecular formula is C13H11F3N2O4. The molecule has 0 unspecified atom stereocenters. The van der Waals surface area contributed by atoms with Crippen LogP contribution in [0, 0.1) is 0 Å². The van der Waals surface area contributed by atoms with Crippen LogP contribution in [0.4, 0.5) is 13.2 Å². The third-order valence-corrected chi connectivity index (χ3v) is 3.06. The highest BCUT2D eigenvalue weighted by molar-refractivity contribution is 5.98. The zero-order chi connectivity index (χ0) is 15.7. The van der Waals surface area contributed by atoms with Gasteiger partial charge in [0.15, 0.2) is 6.61 Å². The van der Waals surface area contributed by atoms with Gasteiger partial charge in [-0.3, -0.25) is 4.79 Å². The first-order chi connectivity index (χ1) is 10.4. The normalized spacial score (nSPS) is 18.9. The lowest BCUT2D eigenvalue weighted by Crippen LogP contribution is -2.39. The SMILES string of the molecule is O=C1COC(c2ccc(OC3COC3)c(C(F)(F)F)c2)=NN1. The number of alkyl halides is 3. The van der Waals surface area contributed by atoms with Crippen molar-refractivity contribution in [2.75, 3.05) is 19.8 Å². The van der Waals surface area contributed by atoms with E-state index in [4.69, 9.17) is 14.2 Å². The summed E-state index contributed by atoms with van der Waals surface area (Å²) in [6.07, 6.45) is -4.97. The van der Waals surface area contributed by atoms with Crippen molar-refractivity contribution < 1.29 is 32.2 Å². The number of carbonyl (C=O) groups is 1. The number of amides is 1. The predicted octanol–water partition coefficient (Wildman–Crippen LogP) is 1.29. The standard InChI is InChI=1S/C13H11F3N2O4/c14-13(15,16)9-3-7(12-18-17-11(19)6-21-12)1-2-10(9)22-8-4-20-5-8/h1-3,8H,4-6H2,(H,17,19). The zero-order valence-electron chi connectivity index (χ0n) is 11.1. The minimum atomic E-state index is -4.59. The van der Waals surface area contributed by atoms with Gasteiger partial charge in [0.05, 0.1) is 18.8 Å². The molecule has 1 amide bonds. The van der Waals surface area contributed by atoms with Gasteiger partial charge >= 0.3 is 6.18 Å². The molecule has 1 saturated heterocycles. The minimum Gasteiger partial charge on any atom is -0.485 e. The van der Waals surface area contributed by atoms with Gasteiger partial charge in [0.1, 0.15) is 11.9 Å². The predicted molar refractivity (Wildman–Crippen MR) is 67.3 cm³/mol. The van der Waals surface area contributed by atoms with Crippen LogP contribution in [0.25, 0.3) is 0 Å². The summed E-state index contributed by atoms with van der Waals surface area (Å²) in [5.41, 5.74) is 1.32. The van der Waals surface area contributed by atoms with E-state index in [1.165, 1.54) is 12.1 Å². The zero-order valence-corrected chi connectivity index (χ0v) is 11.1. The molecule has 22 heavy (non-hydrogen) atoms. The van der Waals surface area contributed by atoms with E-state index in [0.717, 1.165) is 6.07 Å². The highest BCUT2D eigenvalue weighted by Gasteiger charge is 2.36. The first-order valence-electron chi connectivity index (χ1n) is 6.39. The summed E-state index contributed by atoms with van der Waals surface area (Å²) in [7, 11) is 0. The summed E-state index contributed by atoms with van der Waals surface area (Å²) in [5, 5.41) is 3.59. The van der Waals surface area contributed by atoms with Crippen LogP contribution in [0.2, 0.25) is 0 Å². The molecule has 0 bridgehead atoms. The van der Waals surface area contributed by atoms with E-state index < -0.39 is 17.6 Å². The molecule has 1 N–H and O–H groups in total. The van der Waals surface area contributed by atoms with Crippen molar-refractivity contribution in [3.05, 3.63) is 29.3 Å². The molecule has 9 heteroatoms. The maximum absolute atomic E-state index is 13.2. The lowest BCUT2D eigenvalue weighted by Gasteiger charge is -2.28. The number of nitrogens with zero attached hydrogens (tertiary/aromatic N) is 1. The van der Waals surface area contributed by atoms with E-state index >= 15 is 0 Å². The molecule has 2 heterocycles.